The Morgan fingerprint density at radius 2 is 1.08 bits per heavy atom. The zero-order valence-corrected chi connectivity index (χ0v) is 13.4. The predicted molar refractivity (Wildman–Crippen MR) is 99.0 cm³/mol. The van der Waals surface area contributed by atoms with Crippen molar-refractivity contribution in [3.8, 4) is 0 Å². The summed E-state index contributed by atoms with van der Waals surface area (Å²) in [7, 11) is -1.43. The van der Waals surface area contributed by atoms with E-state index < -0.39 is 7.12 Å². The van der Waals surface area contributed by atoms with E-state index in [1.165, 1.54) is 11.1 Å². The Labute approximate surface area is 143 Å². The molecule has 0 atom stereocenters. The van der Waals surface area contributed by atoms with Crippen LogP contribution in [0, 0.1) is 0 Å². The molecule has 0 saturated heterocycles. The van der Waals surface area contributed by atoms with E-state index in [0.717, 1.165) is 18.8 Å². The van der Waals surface area contributed by atoms with Crippen molar-refractivity contribution in [3.63, 3.8) is 0 Å². The summed E-state index contributed by atoms with van der Waals surface area (Å²) in [6.07, 6.45) is 0. The Balaban J connectivity index is 1.86. The third-order valence-electron chi connectivity index (χ3n) is 3.99. The first-order valence-electron chi connectivity index (χ1n) is 8.01. The molecule has 3 aromatic rings. The molecule has 2 N–H and O–H groups in total. The van der Waals surface area contributed by atoms with Gasteiger partial charge < -0.3 is 14.9 Å². The van der Waals surface area contributed by atoms with E-state index >= 15 is 0 Å². The fourth-order valence-corrected chi connectivity index (χ4v) is 2.70. The molecule has 3 nitrogen and oxygen atoms in total. The predicted octanol–water partition coefficient (Wildman–Crippen LogP) is 2.57. The molecule has 0 aliphatic heterocycles. The fourth-order valence-electron chi connectivity index (χ4n) is 2.70. The molecular weight excluding hydrogens is 297 g/mol. The molecule has 0 fully saturated rings. The molecule has 0 spiro atoms. The van der Waals surface area contributed by atoms with Crippen molar-refractivity contribution in [3.05, 3.63) is 96.1 Å². The van der Waals surface area contributed by atoms with Crippen LogP contribution in [0.1, 0.15) is 11.1 Å². The molecule has 0 bridgehead atoms. The standard InChI is InChI=1S/C20H20BNO2/c23-21(24)19-11-13-20(14-12-19)22(15-17-7-3-1-4-8-17)16-18-9-5-2-6-10-18/h1-14,23-24H,15-16H2. The van der Waals surface area contributed by atoms with Crippen LogP contribution in [-0.4, -0.2) is 17.2 Å². The number of benzene rings is 3. The highest BCUT2D eigenvalue weighted by Crippen LogP contribution is 2.19. The maximum atomic E-state index is 9.27. The van der Waals surface area contributed by atoms with E-state index in [4.69, 9.17) is 0 Å². The van der Waals surface area contributed by atoms with Crippen LogP contribution in [0.2, 0.25) is 0 Å². The van der Waals surface area contributed by atoms with Crippen LogP contribution < -0.4 is 10.4 Å². The Morgan fingerprint density at radius 1 is 0.625 bits per heavy atom. The van der Waals surface area contributed by atoms with E-state index in [0.29, 0.717) is 5.46 Å². The van der Waals surface area contributed by atoms with Gasteiger partial charge in [-0.2, -0.15) is 0 Å². The van der Waals surface area contributed by atoms with Crippen molar-refractivity contribution >= 4 is 18.3 Å². The fraction of sp³-hybridized carbons (Fsp3) is 0.100. The van der Waals surface area contributed by atoms with Crippen molar-refractivity contribution < 1.29 is 10.0 Å². The van der Waals surface area contributed by atoms with Crippen LogP contribution in [0.25, 0.3) is 0 Å². The first-order valence-corrected chi connectivity index (χ1v) is 8.01. The molecule has 4 heteroatoms. The van der Waals surface area contributed by atoms with Crippen LogP contribution >= 0.6 is 0 Å². The molecule has 0 aliphatic carbocycles. The Bertz CT molecular complexity index is 704. The van der Waals surface area contributed by atoms with Crippen LogP contribution in [0.3, 0.4) is 0 Å². The van der Waals surface area contributed by atoms with Crippen LogP contribution in [0.5, 0.6) is 0 Å². The highest BCUT2D eigenvalue weighted by Gasteiger charge is 2.13. The Morgan fingerprint density at radius 3 is 1.50 bits per heavy atom. The molecule has 0 aliphatic rings. The van der Waals surface area contributed by atoms with Gasteiger partial charge in [-0.3, -0.25) is 0 Å². The SMILES string of the molecule is OB(O)c1ccc(N(Cc2ccccc2)Cc2ccccc2)cc1. The lowest BCUT2D eigenvalue weighted by molar-refractivity contribution is 0.426. The van der Waals surface area contributed by atoms with Crippen LogP contribution in [0.15, 0.2) is 84.9 Å². The van der Waals surface area contributed by atoms with Gasteiger partial charge in [-0.05, 0) is 28.7 Å². The molecule has 0 unspecified atom stereocenters. The van der Waals surface area contributed by atoms with Gasteiger partial charge in [-0.25, -0.2) is 0 Å². The van der Waals surface area contributed by atoms with E-state index in [1.54, 1.807) is 12.1 Å². The average molecular weight is 317 g/mol. The van der Waals surface area contributed by atoms with E-state index in [1.807, 2.05) is 48.5 Å². The molecule has 3 aromatic carbocycles. The van der Waals surface area contributed by atoms with E-state index in [-0.39, 0.29) is 0 Å². The summed E-state index contributed by atoms with van der Waals surface area (Å²) in [5.74, 6) is 0. The van der Waals surface area contributed by atoms with Crippen LogP contribution in [0.4, 0.5) is 5.69 Å². The molecule has 0 heterocycles. The van der Waals surface area contributed by atoms with Gasteiger partial charge in [0, 0.05) is 18.8 Å². The monoisotopic (exact) mass is 317 g/mol. The summed E-state index contributed by atoms with van der Waals surface area (Å²) in [5, 5.41) is 18.5. The van der Waals surface area contributed by atoms with Gasteiger partial charge in [0.1, 0.15) is 0 Å². The average Bonchev–Trinajstić information content (AvgIpc) is 2.63. The van der Waals surface area contributed by atoms with Gasteiger partial charge in [0.2, 0.25) is 0 Å². The number of anilines is 1. The lowest BCUT2D eigenvalue weighted by Gasteiger charge is -2.25. The van der Waals surface area contributed by atoms with Gasteiger partial charge in [0.25, 0.3) is 0 Å². The molecule has 24 heavy (non-hydrogen) atoms. The smallest absolute Gasteiger partial charge is 0.423 e. The zero-order chi connectivity index (χ0) is 16.8. The van der Waals surface area contributed by atoms with Gasteiger partial charge in [0.05, 0.1) is 0 Å². The highest BCUT2D eigenvalue weighted by molar-refractivity contribution is 6.58. The molecule has 0 saturated carbocycles. The highest BCUT2D eigenvalue weighted by atomic mass is 16.4. The second kappa shape index (κ2) is 7.82. The third kappa shape index (κ3) is 4.25. The van der Waals surface area contributed by atoms with Crippen molar-refractivity contribution in [1.82, 2.24) is 0 Å². The number of nitrogens with zero attached hydrogens (tertiary/aromatic N) is 1. The summed E-state index contributed by atoms with van der Waals surface area (Å²) in [5.41, 5.74) is 4.02. The number of rotatable bonds is 6. The van der Waals surface area contributed by atoms with Crippen molar-refractivity contribution in [1.29, 1.82) is 0 Å². The Kier molecular flexibility index (Phi) is 5.31. The number of hydrogen-bond acceptors (Lipinski definition) is 3. The minimum absolute atomic E-state index is 0.498. The lowest BCUT2D eigenvalue weighted by atomic mass is 9.80. The zero-order valence-electron chi connectivity index (χ0n) is 13.4. The largest absolute Gasteiger partial charge is 0.488 e. The summed E-state index contributed by atoms with van der Waals surface area (Å²) in [4.78, 5) is 2.28. The van der Waals surface area contributed by atoms with Crippen LogP contribution in [-0.2, 0) is 13.1 Å². The molecule has 0 radical (unpaired) electrons. The number of hydrogen-bond donors (Lipinski definition) is 2. The minimum atomic E-state index is -1.43. The van der Waals surface area contributed by atoms with Crippen molar-refractivity contribution in [2.24, 2.45) is 0 Å². The van der Waals surface area contributed by atoms with E-state index in [2.05, 4.69) is 29.2 Å². The second-order valence-electron chi connectivity index (χ2n) is 5.79. The van der Waals surface area contributed by atoms with Gasteiger partial charge in [0.15, 0.2) is 0 Å². The third-order valence-corrected chi connectivity index (χ3v) is 3.99. The maximum Gasteiger partial charge on any atom is 0.488 e. The lowest BCUT2D eigenvalue weighted by Crippen LogP contribution is -2.30. The summed E-state index contributed by atoms with van der Waals surface area (Å²) in [6, 6.07) is 28.0. The molecule has 0 aromatic heterocycles. The normalized spacial score (nSPS) is 10.4. The minimum Gasteiger partial charge on any atom is -0.423 e. The molecule has 120 valence electrons. The van der Waals surface area contributed by atoms with Crippen molar-refractivity contribution in [2.75, 3.05) is 4.90 Å². The summed E-state index contributed by atoms with van der Waals surface area (Å²) in [6.45, 7) is 1.58. The van der Waals surface area contributed by atoms with Gasteiger partial charge >= 0.3 is 7.12 Å². The molecule has 3 rings (SSSR count). The maximum absolute atomic E-state index is 9.27. The van der Waals surface area contributed by atoms with Gasteiger partial charge in [-0.1, -0.05) is 72.8 Å². The second-order valence-corrected chi connectivity index (χ2v) is 5.79. The molecular formula is C20H20BNO2. The van der Waals surface area contributed by atoms with Gasteiger partial charge in [-0.15, -0.1) is 0 Å². The first kappa shape index (κ1) is 16.3. The van der Waals surface area contributed by atoms with Crippen molar-refractivity contribution in [2.45, 2.75) is 13.1 Å². The first-order chi connectivity index (χ1) is 11.7. The van der Waals surface area contributed by atoms with E-state index in [9.17, 15) is 10.0 Å². The summed E-state index contributed by atoms with van der Waals surface area (Å²) < 4.78 is 0. The quantitative estimate of drug-likeness (QED) is 0.687. The Hall–Kier alpha value is -2.56. The topological polar surface area (TPSA) is 43.7 Å². The summed E-state index contributed by atoms with van der Waals surface area (Å²) >= 11 is 0. The molecule has 0 amide bonds.